The first-order valence-corrected chi connectivity index (χ1v) is 9.77. The van der Waals surface area contributed by atoms with E-state index in [0.29, 0.717) is 11.6 Å². The van der Waals surface area contributed by atoms with Crippen LogP contribution in [0.15, 0.2) is 24.3 Å². The van der Waals surface area contributed by atoms with Crippen molar-refractivity contribution in [3.8, 4) is 0 Å². The van der Waals surface area contributed by atoms with E-state index in [-0.39, 0.29) is 23.8 Å². The molecular weight excluding hydrogens is 345 g/mol. The second-order valence-corrected chi connectivity index (χ2v) is 8.01. The molecule has 1 aliphatic heterocycles. The Morgan fingerprint density at radius 3 is 2.15 bits per heavy atom. The molecule has 6 heteroatoms. The minimum Gasteiger partial charge on any atom is -0.341 e. The van der Waals surface area contributed by atoms with Gasteiger partial charge in [0.2, 0.25) is 5.91 Å². The Balaban J connectivity index is 2.01. The van der Waals surface area contributed by atoms with E-state index in [2.05, 4.69) is 24.1 Å². The van der Waals surface area contributed by atoms with Gasteiger partial charge in [-0.15, -0.1) is 0 Å². The van der Waals surface area contributed by atoms with Gasteiger partial charge in [-0.3, -0.25) is 9.59 Å². The van der Waals surface area contributed by atoms with E-state index in [0.717, 1.165) is 25.9 Å². The first-order valence-electron chi connectivity index (χ1n) is 9.77. The number of hydrogen-bond donors (Lipinski definition) is 1. The first kappa shape index (κ1) is 21.4. The number of halogens is 1. The number of likely N-dealkylation sites (tertiary alicyclic amines) is 1. The monoisotopic (exact) mass is 377 g/mol. The van der Waals surface area contributed by atoms with E-state index in [1.165, 1.54) is 24.3 Å². The third kappa shape index (κ3) is 5.51. The van der Waals surface area contributed by atoms with Crippen LogP contribution < -0.4 is 5.32 Å². The highest BCUT2D eigenvalue weighted by Crippen LogP contribution is 2.19. The molecule has 1 N–H and O–H groups in total. The van der Waals surface area contributed by atoms with Gasteiger partial charge in [-0.1, -0.05) is 13.8 Å². The topological polar surface area (TPSA) is 52.7 Å². The second-order valence-electron chi connectivity index (χ2n) is 8.01. The molecule has 0 aromatic heterocycles. The summed E-state index contributed by atoms with van der Waals surface area (Å²) < 4.78 is 13.1. The SMILES string of the molecule is CC(C)C(NC(=O)c1ccc(F)cc1)C(=O)N(C)C1CCN(C(C)C)CC1. The number of benzene rings is 1. The van der Waals surface area contributed by atoms with E-state index < -0.39 is 11.9 Å². The van der Waals surface area contributed by atoms with E-state index in [4.69, 9.17) is 0 Å². The summed E-state index contributed by atoms with van der Waals surface area (Å²) in [5, 5.41) is 2.84. The average molecular weight is 378 g/mol. The highest BCUT2D eigenvalue weighted by atomic mass is 19.1. The number of carbonyl (C=O) groups excluding carboxylic acids is 2. The zero-order chi connectivity index (χ0) is 20.1. The third-order valence-electron chi connectivity index (χ3n) is 5.45. The normalized spacial score (nSPS) is 17.2. The molecule has 0 aliphatic carbocycles. The van der Waals surface area contributed by atoms with Crippen LogP contribution in [0.4, 0.5) is 4.39 Å². The Morgan fingerprint density at radius 1 is 1.11 bits per heavy atom. The van der Waals surface area contributed by atoms with E-state index in [1.807, 2.05) is 20.9 Å². The molecule has 5 nitrogen and oxygen atoms in total. The molecule has 1 aromatic rings. The highest BCUT2D eigenvalue weighted by Gasteiger charge is 2.32. The molecule has 1 aliphatic rings. The minimum absolute atomic E-state index is 0.0416. The van der Waals surface area contributed by atoms with Crippen LogP contribution in [0.25, 0.3) is 0 Å². The standard InChI is InChI=1S/C21H32FN3O2/c1-14(2)19(23-20(26)16-6-8-17(22)9-7-16)21(27)24(5)18-10-12-25(13-11-18)15(3)4/h6-9,14-15,18-19H,10-13H2,1-5H3,(H,23,26). The van der Waals surface area contributed by atoms with Crippen molar-refractivity contribution in [2.24, 2.45) is 5.92 Å². The second kappa shape index (κ2) is 9.31. The maximum absolute atomic E-state index is 13.1. The van der Waals surface area contributed by atoms with E-state index in [9.17, 15) is 14.0 Å². The van der Waals surface area contributed by atoms with Crippen molar-refractivity contribution >= 4 is 11.8 Å². The predicted molar refractivity (Wildman–Crippen MR) is 105 cm³/mol. The summed E-state index contributed by atoms with van der Waals surface area (Å²) in [5.41, 5.74) is 0.350. The lowest BCUT2D eigenvalue weighted by Gasteiger charge is -2.40. The Kier molecular flexibility index (Phi) is 7.36. The largest absolute Gasteiger partial charge is 0.341 e. The van der Waals surface area contributed by atoms with Crippen molar-refractivity contribution in [1.29, 1.82) is 0 Å². The predicted octanol–water partition coefficient (Wildman–Crippen LogP) is 2.91. The van der Waals surface area contributed by atoms with E-state index >= 15 is 0 Å². The fourth-order valence-corrected chi connectivity index (χ4v) is 3.53. The molecular formula is C21H32FN3O2. The summed E-state index contributed by atoms with van der Waals surface area (Å²) in [6, 6.07) is 5.46. The Morgan fingerprint density at radius 2 is 1.67 bits per heavy atom. The molecule has 1 heterocycles. The van der Waals surface area contributed by atoms with Crippen LogP contribution in [0.1, 0.15) is 50.9 Å². The summed E-state index contributed by atoms with van der Waals surface area (Å²) in [5.74, 6) is -0.857. The Hall–Kier alpha value is -1.95. The summed E-state index contributed by atoms with van der Waals surface area (Å²) in [4.78, 5) is 29.8. The molecule has 1 atom stereocenters. The molecule has 1 fully saturated rings. The van der Waals surface area contributed by atoms with Gasteiger partial charge in [0.05, 0.1) is 0 Å². The summed E-state index contributed by atoms with van der Waals surface area (Å²) in [6.07, 6.45) is 1.88. The zero-order valence-corrected chi connectivity index (χ0v) is 17.0. The summed E-state index contributed by atoms with van der Waals surface area (Å²) >= 11 is 0. The molecule has 0 bridgehead atoms. The average Bonchev–Trinajstić information content (AvgIpc) is 2.65. The third-order valence-corrected chi connectivity index (χ3v) is 5.45. The summed E-state index contributed by atoms with van der Waals surface area (Å²) in [6.45, 7) is 10.2. The van der Waals surface area contributed by atoms with Crippen LogP contribution in [0, 0.1) is 11.7 Å². The summed E-state index contributed by atoms with van der Waals surface area (Å²) in [7, 11) is 1.83. The lowest BCUT2D eigenvalue weighted by molar-refractivity contribution is -0.136. The van der Waals surface area contributed by atoms with Crippen molar-refractivity contribution in [2.45, 2.75) is 58.7 Å². The highest BCUT2D eigenvalue weighted by molar-refractivity contribution is 5.97. The van der Waals surface area contributed by atoms with Crippen LogP contribution in [-0.4, -0.2) is 59.9 Å². The van der Waals surface area contributed by atoms with Crippen LogP contribution >= 0.6 is 0 Å². The van der Waals surface area contributed by atoms with Crippen molar-refractivity contribution in [3.05, 3.63) is 35.6 Å². The number of likely N-dealkylation sites (N-methyl/N-ethyl adjacent to an activating group) is 1. The number of carbonyl (C=O) groups is 2. The van der Waals surface area contributed by atoms with Gasteiger partial charge in [0.1, 0.15) is 11.9 Å². The Labute approximate surface area is 161 Å². The fourth-order valence-electron chi connectivity index (χ4n) is 3.53. The molecule has 0 saturated carbocycles. The van der Waals surface area contributed by atoms with Crippen LogP contribution in [0.2, 0.25) is 0 Å². The van der Waals surface area contributed by atoms with Gasteiger partial charge in [0, 0.05) is 37.8 Å². The minimum atomic E-state index is -0.601. The van der Waals surface area contributed by atoms with Gasteiger partial charge < -0.3 is 15.1 Å². The quantitative estimate of drug-likeness (QED) is 0.829. The number of hydrogen-bond acceptors (Lipinski definition) is 3. The molecule has 1 aromatic carbocycles. The van der Waals surface area contributed by atoms with Gasteiger partial charge in [-0.2, -0.15) is 0 Å². The number of nitrogens with one attached hydrogen (secondary N) is 1. The molecule has 0 spiro atoms. The van der Waals surface area contributed by atoms with Gasteiger partial charge in [-0.25, -0.2) is 4.39 Å². The number of nitrogens with zero attached hydrogens (tertiary/aromatic N) is 2. The van der Waals surface area contributed by atoms with Gasteiger partial charge in [-0.05, 0) is 56.9 Å². The smallest absolute Gasteiger partial charge is 0.251 e. The first-order chi connectivity index (χ1) is 12.7. The lowest BCUT2D eigenvalue weighted by Crippen LogP contribution is -2.55. The van der Waals surface area contributed by atoms with Crippen LogP contribution in [0.5, 0.6) is 0 Å². The number of amides is 2. The fraction of sp³-hybridized carbons (Fsp3) is 0.619. The molecule has 1 unspecified atom stereocenters. The molecule has 1 saturated heterocycles. The molecule has 2 amide bonds. The number of piperidine rings is 1. The van der Waals surface area contributed by atoms with Gasteiger partial charge >= 0.3 is 0 Å². The van der Waals surface area contributed by atoms with Crippen molar-refractivity contribution in [2.75, 3.05) is 20.1 Å². The zero-order valence-electron chi connectivity index (χ0n) is 17.0. The maximum Gasteiger partial charge on any atom is 0.251 e. The van der Waals surface area contributed by atoms with Crippen LogP contribution in [0.3, 0.4) is 0 Å². The van der Waals surface area contributed by atoms with Crippen molar-refractivity contribution < 1.29 is 14.0 Å². The van der Waals surface area contributed by atoms with Gasteiger partial charge in [0.25, 0.3) is 5.91 Å². The molecule has 2 rings (SSSR count). The van der Waals surface area contributed by atoms with Crippen LogP contribution in [-0.2, 0) is 4.79 Å². The van der Waals surface area contributed by atoms with E-state index in [1.54, 1.807) is 4.90 Å². The van der Waals surface area contributed by atoms with Crippen molar-refractivity contribution in [3.63, 3.8) is 0 Å². The number of rotatable bonds is 6. The maximum atomic E-state index is 13.1. The van der Waals surface area contributed by atoms with Gasteiger partial charge in [0.15, 0.2) is 0 Å². The molecule has 27 heavy (non-hydrogen) atoms. The molecule has 0 radical (unpaired) electrons. The molecule has 150 valence electrons. The van der Waals surface area contributed by atoms with Crippen molar-refractivity contribution in [1.82, 2.24) is 15.1 Å². The lowest BCUT2D eigenvalue weighted by atomic mass is 9.98. The Bertz CT molecular complexity index is 637.